The molecule has 0 atom stereocenters. The maximum absolute atomic E-state index is 11.7. The Kier molecular flexibility index (Phi) is 3.71. The van der Waals surface area contributed by atoms with E-state index in [1.165, 1.54) is 11.3 Å². The number of para-hydroxylation sites is 1. The molecular formula is C12H8BrNO2S. The second-order valence-electron chi connectivity index (χ2n) is 3.25. The van der Waals surface area contributed by atoms with Crippen molar-refractivity contribution >= 4 is 44.6 Å². The first-order valence-electron chi connectivity index (χ1n) is 4.83. The van der Waals surface area contributed by atoms with Gasteiger partial charge in [0.25, 0.3) is 11.7 Å². The molecule has 3 nitrogen and oxygen atoms in total. The summed E-state index contributed by atoms with van der Waals surface area (Å²) < 4.78 is 0.827. The minimum absolute atomic E-state index is 0.422. The van der Waals surface area contributed by atoms with Gasteiger partial charge in [0.05, 0.1) is 8.66 Å². The number of amides is 1. The van der Waals surface area contributed by atoms with Crippen molar-refractivity contribution in [3.05, 3.63) is 51.1 Å². The fourth-order valence-electron chi connectivity index (χ4n) is 1.26. The van der Waals surface area contributed by atoms with Crippen molar-refractivity contribution < 1.29 is 9.59 Å². The van der Waals surface area contributed by atoms with Gasteiger partial charge in [-0.2, -0.15) is 0 Å². The van der Waals surface area contributed by atoms with Gasteiger partial charge in [0.15, 0.2) is 0 Å². The van der Waals surface area contributed by atoms with Gasteiger partial charge in [-0.3, -0.25) is 9.59 Å². The summed E-state index contributed by atoms with van der Waals surface area (Å²) in [6.07, 6.45) is 0. The summed E-state index contributed by atoms with van der Waals surface area (Å²) in [5, 5.41) is 2.55. The largest absolute Gasteiger partial charge is 0.319 e. The Labute approximate surface area is 111 Å². The molecule has 0 aliphatic carbocycles. The van der Waals surface area contributed by atoms with Crippen molar-refractivity contribution in [3.63, 3.8) is 0 Å². The number of carbonyl (C=O) groups is 2. The molecule has 1 amide bonds. The maximum Gasteiger partial charge on any atom is 0.297 e. The van der Waals surface area contributed by atoms with Crippen LogP contribution in [0.3, 0.4) is 0 Å². The first kappa shape index (κ1) is 12.0. The number of hydrogen-bond donors (Lipinski definition) is 1. The molecule has 86 valence electrons. The molecule has 2 rings (SSSR count). The molecule has 0 bridgehead atoms. The molecular weight excluding hydrogens is 302 g/mol. The highest BCUT2D eigenvalue weighted by atomic mass is 79.9. The summed E-state index contributed by atoms with van der Waals surface area (Å²) in [6, 6.07) is 12.3. The molecule has 0 saturated carbocycles. The molecule has 0 fully saturated rings. The van der Waals surface area contributed by atoms with Crippen LogP contribution in [-0.4, -0.2) is 11.7 Å². The molecule has 0 spiro atoms. The van der Waals surface area contributed by atoms with Crippen molar-refractivity contribution in [1.29, 1.82) is 0 Å². The van der Waals surface area contributed by atoms with Crippen LogP contribution in [0.15, 0.2) is 46.3 Å². The van der Waals surface area contributed by atoms with Crippen LogP contribution in [0.25, 0.3) is 0 Å². The summed E-state index contributed by atoms with van der Waals surface area (Å²) >= 11 is 4.49. The minimum Gasteiger partial charge on any atom is -0.319 e. The Balaban J connectivity index is 2.09. The first-order chi connectivity index (χ1) is 8.16. The van der Waals surface area contributed by atoms with Gasteiger partial charge >= 0.3 is 0 Å². The Hall–Kier alpha value is -1.46. The number of Topliss-reactive ketones (excluding diaryl/α,β-unsaturated/α-hetero) is 1. The van der Waals surface area contributed by atoms with Gasteiger partial charge in [-0.05, 0) is 40.2 Å². The SMILES string of the molecule is O=C(Nc1ccccc1)C(=O)c1ccc(Br)s1. The lowest BCUT2D eigenvalue weighted by Gasteiger charge is -2.02. The number of ketones is 1. The van der Waals surface area contributed by atoms with Gasteiger partial charge in [-0.1, -0.05) is 18.2 Å². The Morgan fingerprint density at radius 3 is 2.35 bits per heavy atom. The zero-order chi connectivity index (χ0) is 12.3. The van der Waals surface area contributed by atoms with Gasteiger partial charge in [0.1, 0.15) is 0 Å². The molecule has 0 saturated heterocycles. The highest BCUT2D eigenvalue weighted by molar-refractivity contribution is 9.11. The minimum atomic E-state index is -0.620. The number of thiophene rings is 1. The van der Waals surface area contributed by atoms with E-state index in [1.54, 1.807) is 36.4 Å². The van der Waals surface area contributed by atoms with E-state index in [9.17, 15) is 9.59 Å². The third kappa shape index (κ3) is 3.01. The molecule has 1 aromatic heterocycles. The fourth-order valence-corrected chi connectivity index (χ4v) is 2.58. The highest BCUT2D eigenvalue weighted by Crippen LogP contribution is 2.22. The molecule has 5 heteroatoms. The Bertz CT molecular complexity index is 551. The second kappa shape index (κ2) is 5.25. The van der Waals surface area contributed by atoms with E-state index in [-0.39, 0.29) is 0 Å². The summed E-state index contributed by atoms with van der Waals surface area (Å²) in [7, 11) is 0. The fraction of sp³-hybridized carbons (Fsp3) is 0. The average Bonchev–Trinajstić information content (AvgIpc) is 2.76. The number of anilines is 1. The number of hydrogen-bond acceptors (Lipinski definition) is 3. The predicted molar refractivity (Wildman–Crippen MR) is 71.4 cm³/mol. The quantitative estimate of drug-likeness (QED) is 0.698. The normalized spacial score (nSPS) is 9.94. The van der Waals surface area contributed by atoms with E-state index < -0.39 is 11.7 Å². The molecule has 17 heavy (non-hydrogen) atoms. The third-order valence-electron chi connectivity index (χ3n) is 2.03. The van der Waals surface area contributed by atoms with Crippen molar-refractivity contribution in [2.45, 2.75) is 0 Å². The van der Waals surface area contributed by atoms with Crippen LogP contribution in [0, 0.1) is 0 Å². The van der Waals surface area contributed by atoms with Crippen molar-refractivity contribution in [2.75, 3.05) is 5.32 Å². The van der Waals surface area contributed by atoms with Crippen LogP contribution in [0.2, 0.25) is 0 Å². The number of rotatable bonds is 3. The lowest BCUT2D eigenvalue weighted by Crippen LogP contribution is -2.21. The average molecular weight is 310 g/mol. The number of halogens is 1. The van der Waals surface area contributed by atoms with E-state index in [0.717, 1.165) is 3.79 Å². The number of benzene rings is 1. The van der Waals surface area contributed by atoms with Gasteiger partial charge in [-0.15, -0.1) is 11.3 Å². The molecule has 0 aliphatic rings. The molecule has 0 radical (unpaired) electrons. The van der Waals surface area contributed by atoms with E-state index in [1.807, 2.05) is 6.07 Å². The monoisotopic (exact) mass is 309 g/mol. The van der Waals surface area contributed by atoms with Gasteiger partial charge in [-0.25, -0.2) is 0 Å². The Morgan fingerprint density at radius 2 is 1.76 bits per heavy atom. The molecule has 1 heterocycles. The van der Waals surface area contributed by atoms with Gasteiger partial charge in [0.2, 0.25) is 0 Å². The summed E-state index contributed by atoms with van der Waals surface area (Å²) in [6.45, 7) is 0. The second-order valence-corrected chi connectivity index (χ2v) is 5.72. The molecule has 1 aromatic carbocycles. The van der Waals surface area contributed by atoms with E-state index in [0.29, 0.717) is 10.6 Å². The zero-order valence-electron chi connectivity index (χ0n) is 8.64. The summed E-state index contributed by atoms with van der Waals surface area (Å²) in [5.74, 6) is -1.14. The zero-order valence-corrected chi connectivity index (χ0v) is 11.0. The first-order valence-corrected chi connectivity index (χ1v) is 6.44. The third-order valence-corrected chi connectivity index (χ3v) is 3.66. The van der Waals surface area contributed by atoms with Gasteiger partial charge in [0, 0.05) is 5.69 Å². The molecule has 2 aromatic rings. The molecule has 0 unspecified atom stereocenters. The van der Waals surface area contributed by atoms with Crippen molar-refractivity contribution in [2.24, 2.45) is 0 Å². The van der Waals surface area contributed by atoms with Crippen LogP contribution in [-0.2, 0) is 4.79 Å². The highest BCUT2D eigenvalue weighted by Gasteiger charge is 2.17. The van der Waals surface area contributed by atoms with Crippen LogP contribution >= 0.6 is 27.3 Å². The standard InChI is InChI=1S/C12H8BrNO2S/c13-10-7-6-9(17-10)11(15)12(16)14-8-4-2-1-3-5-8/h1-7H,(H,14,16). The number of nitrogens with one attached hydrogen (secondary N) is 1. The van der Waals surface area contributed by atoms with E-state index in [4.69, 9.17) is 0 Å². The van der Waals surface area contributed by atoms with Crippen LogP contribution in [0.5, 0.6) is 0 Å². The Morgan fingerprint density at radius 1 is 1.06 bits per heavy atom. The van der Waals surface area contributed by atoms with E-state index in [2.05, 4.69) is 21.2 Å². The van der Waals surface area contributed by atoms with Crippen LogP contribution in [0.4, 0.5) is 5.69 Å². The van der Waals surface area contributed by atoms with Crippen LogP contribution < -0.4 is 5.32 Å². The number of carbonyl (C=O) groups excluding carboxylic acids is 2. The van der Waals surface area contributed by atoms with Crippen molar-refractivity contribution in [1.82, 2.24) is 0 Å². The molecule has 1 N–H and O–H groups in total. The maximum atomic E-state index is 11.7. The van der Waals surface area contributed by atoms with Crippen LogP contribution in [0.1, 0.15) is 9.67 Å². The van der Waals surface area contributed by atoms with Gasteiger partial charge < -0.3 is 5.32 Å². The smallest absolute Gasteiger partial charge is 0.297 e. The predicted octanol–water partition coefficient (Wildman–Crippen LogP) is 3.33. The summed E-state index contributed by atoms with van der Waals surface area (Å²) in [5.41, 5.74) is 0.612. The summed E-state index contributed by atoms with van der Waals surface area (Å²) in [4.78, 5) is 23.8. The van der Waals surface area contributed by atoms with Crippen molar-refractivity contribution in [3.8, 4) is 0 Å². The molecule has 0 aliphatic heterocycles. The lowest BCUT2D eigenvalue weighted by molar-refractivity contribution is -0.112. The topological polar surface area (TPSA) is 46.2 Å². The van der Waals surface area contributed by atoms with E-state index >= 15 is 0 Å². The lowest BCUT2D eigenvalue weighted by atomic mass is 10.2.